The summed E-state index contributed by atoms with van der Waals surface area (Å²) in [6, 6.07) is 7.00. The molecule has 6 atom stereocenters. The molecule has 0 spiro atoms. The van der Waals surface area contributed by atoms with E-state index in [2.05, 4.69) is 36.6 Å². The molecule has 0 unspecified atom stereocenters. The standard InChI is InChI=1S/C42H67N9O6.2ClH/c1-7-27(2)38(42(57)46-26-32-25-44-29(4)47-39(32)43)50-37(54)23-35(52)33(21-30-15-10-8-11-16-30)49-40(55)28(3)24-45-41(56)34(22-31-17-12-9-13-18-31)48-36(53)19-14-20-51(5)6;;/h9,12-13,17-18,25,27-28,30,33-35,38,52H,7-8,10-11,14-16,19-24,26H2,1-6H3,(H,45,56)(H,46,57)(H,48,53)(H,49,55)(H,50,54)(H2,43,44,47);2*1H/t27-,28+,33-,34-,35-,38-;;/m0../s1. The van der Waals surface area contributed by atoms with Gasteiger partial charge in [-0.3, -0.25) is 24.0 Å². The fraction of sp³-hybridized carbons (Fsp3) is 0.643. The first-order chi connectivity index (χ1) is 27.2. The third-order valence-electron chi connectivity index (χ3n) is 10.8. The number of carbonyl (C=O) groups excluding carboxylic acids is 5. The van der Waals surface area contributed by atoms with Gasteiger partial charge in [0, 0.05) is 37.7 Å². The number of rotatable bonds is 23. The van der Waals surface area contributed by atoms with Crippen LogP contribution >= 0.6 is 24.8 Å². The maximum Gasteiger partial charge on any atom is 0.243 e. The van der Waals surface area contributed by atoms with Crippen molar-refractivity contribution in [3.63, 3.8) is 0 Å². The summed E-state index contributed by atoms with van der Waals surface area (Å²) in [5.74, 6) is -1.75. The van der Waals surface area contributed by atoms with Crippen molar-refractivity contribution in [3.05, 3.63) is 53.5 Å². The monoisotopic (exact) mass is 865 g/mol. The Morgan fingerprint density at radius 2 is 1.59 bits per heavy atom. The zero-order valence-corrected chi connectivity index (χ0v) is 37.3. The van der Waals surface area contributed by atoms with Crippen molar-refractivity contribution in [2.75, 3.05) is 32.9 Å². The van der Waals surface area contributed by atoms with Gasteiger partial charge in [0.05, 0.1) is 24.5 Å². The molecule has 1 aliphatic rings. The molecule has 1 saturated carbocycles. The van der Waals surface area contributed by atoms with Gasteiger partial charge < -0.3 is 42.3 Å². The van der Waals surface area contributed by atoms with Crippen LogP contribution in [0.25, 0.3) is 0 Å². The number of hydrogen-bond acceptors (Lipinski definition) is 10. The Morgan fingerprint density at radius 1 is 0.915 bits per heavy atom. The minimum atomic E-state index is -1.22. The normalized spacial score (nSPS) is 15.8. The Bertz CT molecular complexity index is 1600. The topological polar surface area (TPSA) is 221 Å². The zero-order chi connectivity index (χ0) is 41.9. The molecular weight excluding hydrogens is 797 g/mol. The lowest BCUT2D eigenvalue weighted by atomic mass is 9.83. The fourth-order valence-corrected chi connectivity index (χ4v) is 6.98. The predicted molar refractivity (Wildman–Crippen MR) is 235 cm³/mol. The summed E-state index contributed by atoms with van der Waals surface area (Å²) in [4.78, 5) is 76.9. The Hall–Kier alpha value is -4.05. The van der Waals surface area contributed by atoms with Gasteiger partial charge in [-0.2, -0.15) is 0 Å². The highest BCUT2D eigenvalue weighted by Gasteiger charge is 2.32. The largest absolute Gasteiger partial charge is 0.390 e. The lowest BCUT2D eigenvalue weighted by Gasteiger charge is -2.31. The number of nitrogens with two attached hydrogens (primary N) is 1. The molecule has 1 aliphatic carbocycles. The first-order valence-electron chi connectivity index (χ1n) is 20.6. The van der Waals surface area contributed by atoms with Crippen molar-refractivity contribution < 1.29 is 29.1 Å². The smallest absolute Gasteiger partial charge is 0.243 e. The number of nitrogens with one attached hydrogen (secondary N) is 5. The summed E-state index contributed by atoms with van der Waals surface area (Å²) in [7, 11) is 3.87. The summed E-state index contributed by atoms with van der Waals surface area (Å²) in [6.45, 7) is 8.02. The van der Waals surface area contributed by atoms with Crippen LogP contribution in [-0.2, 0) is 36.9 Å². The molecule has 15 nitrogen and oxygen atoms in total. The van der Waals surface area contributed by atoms with Gasteiger partial charge in [-0.25, -0.2) is 9.97 Å². The van der Waals surface area contributed by atoms with Crippen LogP contribution in [0.5, 0.6) is 0 Å². The molecule has 332 valence electrons. The Labute approximate surface area is 362 Å². The van der Waals surface area contributed by atoms with Crippen LogP contribution in [0.3, 0.4) is 0 Å². The lowest BCUT2D eigenvalue weighted by molar-refractivity contribution is -0.132. The molecule has 1 fully saturated rings. The minimum Gasteiger partial charge on any atom is -0.390 e. The van der Waals surface area contributed by atoms with Gasteiger partial charge in [-0.1, -0.05) is 89.6 Å². The summed E-state index contributed by atoms with van der Waals surface area (Å²) < 4.78 is 0. The average Bonchev–Trinajstić information content (AvgIpc) is 3.18. The number of hydrogen-bond donors (Lipinski definition) is 7. The SMILES string of the molecule is CC[C@H](C)[C@H](NC(=O)C[C@H](O)[C@H](CC1CCCCC1)NC(=O)[C@H](C)CNC(=O)[C@H](Cc1ccccc1)NC(=O)CCCN(C)C)C(=O)NCc1cnc(C)nc1N.Cl.Cl. The van der Waals surface area contributed by atoms with Crippen molar-refractivity contribution >= 4 is 60.2 Å². The third-order valence-corrected chi connectivity index (χ3v) is 10.8. The maximum atomic E-state index is 13.6. The van der Waals surface area contributed by atoms with Crippen molar-refractivity contribution in [2.24, 2.45) is 17.8 Å². The second-order valence-corrected chi connectivity index (χ2v) is 16.0. The predicted octanol–water partition coefficient (Wildman–Crippen LogP) is 3.39. The molecule has 5 amide bonds. The van der Waals surface area contributed by atoms with Crippen LogP contribution in [0.15, 0.2) is 36.5 Å². The number of aryl methyl sites for hydroxylation is 1. The van der Waals surface area contributed by atoms with E-state index >= 15 is 0 Å². The highest BCUT2D eigenvalue weighted by atomic mass is 35.5. The second-order valence-electron chi connectivity index (χ2n) is 16.0. The van der Waals surface area contributed by atoms with Crippen LogP contribution in [-0.4, -0.2) is 101 Å². The molecule has 0 bridgehead atoms. The quantitative estimate of drug-likeness (QED) is 0.0864. The number of benzene rings is 1. The lowest BCUT2D eigenvalue weighted by Crippen LogP contribution is -2.53. The van der Waals surface area contributed by atoms with Crippen LogP contribution in [0.1, 0.15) is 102 Å². The second kappa shape index (κ2) is 27.7. The third kappa shape index (κ3) is 19.3. The molecule has 3 rings (SSSR count). The summed E-state index contributed by atoms with van der Waals surface area (Å²) >= 11 is 0. The van der Waals surface area contributed by atoms with Crippen LogP contribution < -0.4 is 32.3 Å². The molecule has 0 aliphatic heterocycles. The number of carbonyl (C=O) groups is 5. The minimum absolute atomic E-state index is 0. The van der Waals surface area contributed by atoms with Gasteiger partial charge in [0.25, 0.3) is 0 Å². The van der Waals surface area contributed by atoms with Gasteiger partial charge in [0.2, 0.25) is 29.5 Å². The molecule has 1 heterocycles. The average molecular weight is 867 g/mol. The van der Waals surface area contributed by atoms with Crippen molar-refractivity contribution in [3.8, 4) is 0 Å². The van der Waals surface area contributed by atoms with E-state index in [4.69, 9.17) is 5.73 Å². The van der Waals surface area contributed by atoms with Crippen molar-refractivity contribution in [1.82, 2.24) is 41.5 Å². The first-order valence-corrected chi connectivity index (χ1v) is 20.6. The molecule has 2 aromatic rings. The molecule has 0 radical (unpaired) electrons. The molecule has 1 aromatic heterocycles. The van der Waals surface area contributed by atoms with Crippen LogP contribution in [0.2, 0.25) is 0 Å². The van der Waals surface area contributed by atoms with Crippen LogP contribution in [0, 0.1) is 24.7 Å². The Morgan fingerprint density at radius 3 is 2.22 bits per heavy atom. The number of nitrogen functional groups attached to an aromatic ring is 1. The van der Waals surface area contributed by atoms with E-state index in [9.17, 15) is 29.1 Å². The van der Waals surface area contributed by atoms with E-state index in [1.54, 1.807) is 20.0 Å². The van der Waals surface area contributed by atoms with E-state index in [-0.39, 0.29) is 80.2 Å². The van der Waals surface area contributed by atoms with E-state index in [1.165, 1.54) is 0 Å². The van der Waals surface area contributed by atoms with E-state index in [0.717, 1.165) is 44.2 Å². The molecule has 59 heavy (non-hydrogen) atoms. The number of aromatic nitrogens is 2. The van der Waals surface area contributed by atoms with Gasteiger partial charge in [-0.05, 0) is 57.8 Å². The summed E-state index contributed by atoms with van der Waals surface area (Å²) in [5, 5.41) is 25.8. The number of aliphatic hydroxyl groups excluding tert-OH is 1. The molecule has 8 N–H and O–H groups in total. The molecule has 0 saturated heterocycles. The number of amides is 5. The van der Waals surface area contributed by atoms with Crippen LogP contribution in [0.4, 0.5) is 5.82 Å². The maximum absolute atomic E-state index is 13.6. The van der Waals surface area contributed by atoms with Gasteiger partial charge >= 0.3 is 0 Å². The number of nitrogens with zero attached hydrogens (tertiary/aromatic N) is 3. The Kier molecular flexibility index (Phi) is 24.8. The Balaban J connectivity index is 0.00000870. The van der Waals surface area contributed by atoms with Crippen molar-refractivity contribution in [2.45, 2.75) is 129 Å². The highest BCUT2D eigenvalue weighted by molar-refractivity contribution is 5.89. The van der Waals surface area contributed by atoms with E-state index in [1.807, 2.05) is 63.2 Å². The summed E-state index contributed by atoms with van der Waals surface area (Å²) in [5.41, 5.74) is 7.44. The summed E-state index contributed by atoms with van der Waals surface area (Å²) in [6.07, 6.45) is 7.54. The molecule has 17 heteroatoms. The van der Waals surface area contributed by atoms with E-state index < -0.39 is 47.9 Å². The number of anilines is 1. The van der Waals surface area contributed by atoms with Gasteiger partial charge in [0.1, 0.15) is 23.7 Å². The van der Waals surface area contributed by atoms with E-state index in [0.29, 0.717) is 37.1 Å². The fourth-order valence-electron chi connectivity index (χ4n) is 6.98. The van der Waals surface area contributed by atoms with Gasteiger partial charge in [0.15, 0.2) is 0 Å². The number of halogens is 2. The molecular formula is C42H69Cl2N9O6. The first kappa shape index (κ1) is 53.0. The highest BCUT2D eigenvalue weighted by Crippen LogP contribution is 2.28. The molecule has 1 aromatic carbocycles. The van der Waals surface area contributed by atoms with Crippen molar-refractivity contribution in [1.29, 1.82) is 0 Å². The van der Waals surface area contributed by atoms with Gasteiger partial charge in [-0.15, -0.1) is 24.8 Å². The zero-order valence-electron chi connectivity index (χ0n) is 35.6. The number of aliphatic hydroxyl groups is 1.